The van der Waals surface area contributed by atoms with Gasteiger partial charge < -0.3 is 5.73 Å². The van der Waals surface area contributed by atoms with Crippen molar-refractivity contribution in [2.24, 2.45) is 5.92 Å². The Morgan fingerprint density at radius 1 is 1.33 bits per heavy atom. The Kier molecular flexibility index (Phi) is 2.94. The third-order valence-corrected chi connectivity index (χ3v) is 3.43. The molecule has 1 aliphatic carbocycles. The Balaban J connectivity index is 2.21. The summed E-state index contributed by atoms with van der Waals surface area (Å²) in [6.45, 7) is 2.28. The van der Waals surface area contributed by atoms with Gasteiger partial charge in [0.2, 0.25) is 0 Å². The summed E-state index contributed by atoms with van der Waals surface area (Å²) in [5, 5.41) is 0. The van der Waals surface area contributed by atoms with Crippen LogP contribution in [0, 0.1) is 11.7 Å². The lowest BCUT2D eigenvalue weighted by Gasteiger charge is -2.27. The van der Waals surface area contributed by atoms with Gasteiger partial charge in [0, 0.05) is 5.69 Å². The minimum absolute atomic E-state index is 0.236. The summed E-state index contributed by atoms with van der Waals surface area (Å²) in [6.07, 6.45) is 4.97. The number of anilines is 1. The molecule has 0 saturated heterocycles. The van der Waals surface area contributed by atoms with E-state index in [1.54, 1.807) is 0 Å². The zero-order valence-corrected chi connectivity index (χ0v) is 9.17. The van der Waals surface area contributed by atoms with E-state index < -0.39 is 0 Å². The fraction of sp³-hybridized carbons (Fsp3) is 0.538. The van der Waals surface area contributed by atoms with Gasteiger partial charge >= 0.3 is 0 Å². The monoisotopic (exact) mass is 207 g/mol. The first-order chi connectivity index (χ1) is 7.16. The molecule has 2 N–H and O–H groups in total. The first-order valence-corrected chi connectivity index (χ1v) is 5.71. The number of nitrogens with two attached hydrogens (primary N) is 1. The number of hydrogen-bond acceptors (Lipinski definition) is 1. The van der Waals surface area contributed by atoms with Crippen molar-refractivity contribution in [1.82, 2.24) is 0 Å². The highest BCUT2D eigenvalue weighted by Crippen LogP contribution is 2.38. The van der Waals surface area contributed by atoms with E-state index in [0.29, 0.717) is 11.6 Å². The van der Waals surface area contributed by atoms with Crippen LogP contribution < -0.4 is 5.73 Å². The van der Waals surface area contributed by atoms with E-state index in [1.165, 1.54) is 37.8 Å². The van der Waals surface area contributed by atoms with Gasteiger partial charge in [-0.3, -0.25) is 0 Å². The first kappa shape index (κ1) is 10.5. The molecule has 0 heterocycles. The SMILES string of the molecule is C[C@@H]1CCC[C@@H](c2ccc(F)cc2N)C1. The largest absolute Gasteiger partial charge is 0.398 e. The first-order valence-electron chi connectivity index (χ1n) is 5.71. The van der Waals surface area contributed by atoms with Crippen LogP contribution in [0.25, 0.3) is 0 Å². The zero-order valence-electron chi connectivity index (χ0n) is 9.17. The molecular formula is C13H18FN. The molecule has 2 heteroatoms. The van der Waals surface area contributed by atoms with Crippen molar-refractivity contribution < 1.29 is 4.39 Å². The average molecular weight is 207 g/mol. The van der Waals surface area contributed by atoms with E-state index in [9.17, 15) is 4.39 Å². The molecule has 1 fully saturated rings. The second-order valence-electron chi connectivity index (χ2n) is 4.74. The maximum atomic E-state index is 12.9. The number of halogens is 1. The Morgan fingerprint density at radius 2 is 2.13 bits per heavy atom. The smallest absolute Gasteiger partial charge is 0.125 e. The van der Waals surface area contributed by atoms with Crippen molar-refractivity contribution in [2.45, 2.75) is 38.5 Å². The Bertz CT molecular complexity index is 348. The van der Waals surface area contributed by atoms with E-state index in [2.05, 4.69) is 6.92 Å². The molecule has 82 valence electrons. The topological polar surface area (TPSA) is 26.0 Å². The van der Waals surface area contributed by atoms with Crippen molar-refractivity contribution in [3.8, 4) is 0 Å². The summed E-state index contributed by atoms with van der Waals surface area (Å²) in [6, 6.07) is 4.81. The molecule has 1 saturated carbocycles. The van der Waals surface area contributed by atoms with Crippen LogP contribution >= 0.6 is 0 Å². The minimum Gasteiger partial charge on any atom is -0.398 e. The molecule has 1 aromatic rings. The van der Waals surface area contributed by atoms with Crippen LogP contribution in [-0.2, 0) is 0 Å². The molecule has 2 atom stereocenters. The Hall–Kier alpha value is -1.05. The van der Waals surface area contributed by atoms with Gasteiger partial charge in [-0.2, -0.15) is 0 Å². The molecule has 0 aromatic heterocycles. The molecule has 0 spiro atoms. The van der Waals surface area contributed by atoms with Gasteiger partial charge in [-0.15, -0.1) is 0 Å². The molecule has 1 aromatic carbocycles. The molecular weight excluding hydrogens is 189 g/mol. The van der Waals surface area contributed by atoms with E-state index >= 15 is 0 Å². The van der Waals surface area contributed by atoms with Crippen LogP contribution in [0.1, 0.15) is 44.1 Å². The summed E-state index contributed by atoms with van der Waals surface area (Å²) in [5.74, 6) is 1.07. The molecule has 2 rings (SSSR count). The number of rotatable bonds is 1. The average Bonchev–Trinajstić information content (AvgIpc) is 2.17. The highest BCUT2D eigenvalue weighted by Gasteiger charge is 2.21. The van der Waals surface area contributed by atoms with Crippen LogP contribution in [0.4, 0.5) is 10.1 Å². The number of nitrogen functional groups attached to an aromatic ring is 1. The lowest BCUT2D eigenvalue weighted by molar-refractivity contribution is 0.344. The van der Waals surface area contributed by atoms with Crippen LogP contribution in [0.15, 0.2) is 18.2 Å². The highest BCUT2D eigenvalue weighted by molar-refractivity contribution is 5.49. The Morgan fingerprint density at radius 3 is 2.80 bits per heavy atom. The van der Waals surface area contributed by atoms with Crippen LogP contribution in [-0.4, -0.2) is 0 Å². The predicted molar refractivity (Wildman–Crippen MR) is 61.2 cm³/mol. The second-order valence-corrected chi connectivity index (χ2v) is 4.74. The normalized spacial score (nSPS) is 26.5. The third kappa shape index (κ3) is 2.31. The Labute approximate surface area is 90.5 Å². The van der Waals surface area contributed by atoms with E-state index in [-0.39, 0.29) is 5.82 Å². The lowest BCUT2D eigenvalue weighted by Crippen LogP contribution is -2.13. The van der Waals surface area contributed by atoms with Gasteiger partial charge in [0.1, 0.15) is 5.82 Å². The van der Waals surface area contributed by atoms with Gasteiger partial charge in [0.15, 0.2) is 0 Å². The molecule has 0 radical (unpaired) electrons. The van der Waals surface area contributed by atoms with Crippen molar-refractivity contribution >= 4 is 5.69 Å². The minimum atomic E-state index is -0.236. The lowest BCUT2D eigenvalue weighted by atomic mass is 9.78. The highest BCUT2D eigenvalue weighted by atomic mass is 19.1. The molecule has 0 amide bonds. The fourth-order valence-corrected chi connectivity index (χ4v) is 2.63. The van der Waals surface area contributed by atoms with Gasteiger partial charge in [-0.05, 0) is 42.4 Å². The van der Waals surface area contributed by atoms with E-state index in [4.69, 9.17) is 5.73 Å². The summed E-state index contributed by atoms with van der Waals surface area (Å²) in [4.78, 5) is 0. The quantitative estimate of drug-likeness (QED) is 0.698. The number of benzene rings is 1. The summed E-state index contributed by atoms with van der Waals surface area (Å²) in [5.41, 5.74) is 7.62. The molecule has 1 nitrogen and oxygen atoms in total. The second kappa shape index (κ2) is 4.21. The van der Waals surface area contributed by atoms with E-state index in [0.717, 1.165) is 11.5 Å². The van der Waals surface area contributed by atoms with Crippen molar-refractivity contribution in [3.63, 3.8) is 0 Å². The van der Waals surface area contributed by atoms with Gasteiger partial charge in [-0.25, -0.2) is 4.39 Å². The van der Waals surface area contributed by atoms with Gasteiger partial charge in [0.05, 0.1) is 0 Å². The van der Waals surface area contributed by atoms with Crippen molar-refractivity contribution in [1.29, 1.82) is 0 Å². The molecule has 0 bridgehead atoms. The summed E-state index contributed by atoms with van der Waals surface area (Å²) >= 11 is 0. The number of hydrogen-bond donors (Lipinski definition) is 1. The fourth-order valence-electron chi connectivity index (χ4n) is 2.63. The zero-order chi connectivity index (χ0) is 10.8. The third-order valence-electron chi connectivity index (χ3n) is 3.43. The molecule has 0 aliphatic heterocycles. The summed E-state index contributed by atoms with van der Waals surface area (Å²) in [7, 11) is 0. The van der Waals surface area contributed by atoms with Crippen LogP contribution in [0.2, 0.25) is 0 Å². The molecule has 0 unspecified atom stereocenters. The maximum Gasteiger partial charge on any atom is 0.125 e. The van der Waals surface area contributed by atoms with Crippen molar-refractivity contribution in [3.05, 3.63) is 29.6 Å². The maximum absolute atomic E-state index is 12.9. The predicted octanol–water partition coefficient (Wildman–Crippen LogP) is 3.70. The summed E-state index contributed by atoms with van der Waals surface area (Å²) < 4.78 is 12.9. The molecule has 1 aliphatic rings. The standard InChI is InChI=1S/C13H18FN/c1-9-3-2-4-10(7-9)12-6-5-11(14)8-13(12)15/h5-6,8-10H,2-4,7,15H2,1H3/t9-,10-/m1/s1. The van der Waals surface area contributed by atoms with Gasteiger partial charge in [0.25, 0.3) is 0 Å². The molecule has 15 heavy (non-hydrogen) atoms. The van der Waals surface area contributed by atoms with Crippen LogP contribution in [0.3, 0.4) is 0 Å². The van der Waals surface area contributed by atoms with Crippen molar-refractivity contribution in [2.75, 3.05) is 5.73 Å². The van der Waals surface area contributed by atoms with Gasteiger partial charge in [-0.1, -0.05) is 25.8 Å². The van der Waals surface area contributed by atoms with Crippen LogP contribution in [0.5, 0.6) is 0 Å². The van der Waals surface area contributed by atoms with E-state index in [1.807, 2.05) is 6.07 Å².